The molecule has 0 atom stereocenters. The van der Waals surface area contributed by atoms with Gasteiger partial charge in [0, 0.05) is 0 Å². The van der Waals surface area contributed by atoms with E-state index in [1.807, 2.05) is 0 Å². The van der Waals surface area contributed by atoms with E-state index >= 15 is 0 Å². The Bertz CT molecular complexity index is 203. The average molecular weight is 144 g/mol. The van der Waals surface area contributed by atoms with Gasteiger partial charge in [-0.05, 0) is 6.92 Å². The van der Waals surface area contributed by atoms with E-state index in [0.717, 1.165) is 0 Å². The molecule has 4 heteroatoms. The number of halogens is 1. The first-order valence-corrected chi connectivity index (χ1v) is 2.83. The van der Waals surface area contributed by atoms with Crippen LogP contribution < -0.4 is 5.73 Å². The molecular formula is C5H6ClN3. The summed E-state index contributed by atoms with van der Waals surface area (Å²) in [5, 5.41) is 7.72. The summed E-state index contributed by atoms with van der Waals surface area (Å²) in [6, 6.07) is 0. The van der Waals surface area contributed by atoms with Crippen molar-refractivity contribution in [3.63, 3.8) is 0 Å². The van der Waals surface area contributed by atoms with E-state index < -0.39 is 0 Å². The Morgan fingerprint density at radius 1 is 1.67 bits per heavy atom. The Morgan fingerprint density at radius 3 is 2.78 bits per heavy atom. The molecule has 1 aromatic heterocycles. The van der Waals surface area contributed by atoms with Gasteiger partial charge in [0.05, 0.1) is 22.6 Å². The lowest BCUT2D eigenvalue weighted by molar-refractivity contribution is 0.985. The van der Waals surface area contributed by atoms with Gasteiger partial charge in [0.15, 0.2) is 0 Å². The van der Waals surface area contributed by atoms with Crippen LogP contribution in [0.15, 0.2) is 6.20 Å². The SMILES string of the molecule is Cc1nncc(Cl)c1N. The normalized spacial score (nSPS) is 9.56. The fraction of sp³-hybridized carbons (Fsp3) is 0.200. The molecule has 0 fully saturated rings. The fourth-order valence-electron chi connectivity index (χ4n) is 0.462. The largest absolute Gasteiger partial charge is 0.396 e. The van der Waals surface area contributed by atoms with Crippen LogP contribution in [0.25, 0.3) is 0 Å². The van der Waals surface area contributed by atoms with E-state index in [9.17, 15) is 0 Å². The third-order valence-corrected chi connectivity index (χ3v) is 1.33. The second kappa shape index (κ2) is 2.19. The fourth-order valence-corrected chi connectivity index (χ4v) is 0.643. The van der Waals surface area contributed by atoms with Gasteiger partial charge in [-0.1, -0.05) is 11.6 Å². The van der Waals surface area contributed by atoms with E-state index in [2.05, 4.69) is 10.2 Å². The Balaban J connectivity index is 3.25. The number of nitrogen functional groups attached to an aromatic ring is 1. The van der Waals surface area contributed by atoms with E-state index in [0.29, 0.717) is 16.4 Å². The topological polar surface area (TPSA) is 51.8 Å². The lowest BCUT2D eigenvalue weighted by Gasteiger charge is -1.96. The predicted octanol–water partition coefficient (Wildman–Crippen LogP) is 1.02. The van der Waals surface area contributed by atoms with Crippen LogP contribution in [0.5, 0.6) is 0 Å². The highest BCUT2D eigenvalue weighted by molar-refractivity contribution is 6.32. The molecular weight excluding hydrogens is 138 g/mol. The van der Waals surface area contributed by atoms with Crippen molar-refractivity contribution in [1.29, 1.82) is 0 Å². The molecule has 0 aliphatic carbocycles. The smallest absolute Gasteiger partial charge is 0.0856 e. The number of nitrogens with two attached hydrogens (primary N) is 1. The molecule has 0 aromatic carbocycles. The third-order valence-electron chi connectivity index (χ3n) is 1.03. The summed E-state index contributed by atoms with van der Waals surface area (Å²) >= 11 is 5.59. The molecule has 9 heavy (non-hydrogen) atoms. The van der Waals surface area contributed by atoms with Crippen LogP contribution in [-0.2, 0) is 0 Å². The first-order chi connectivity index (χ1) is 4.22. The van der Waals surface area contributed by atoms with Gasteiger partial charge in [-0.15, -0.1) is 0 Å². The Morgan fingerprint density at radius 2 is 2.33 bits per heavy atom. The molecule has 2 N–H and O–H groups in total. The number of hydrogen-bond acceptors (Lipinski definition) is 3. The van der Waals surface area contributed by atoms with Crippen molar-refractivity contribution in [2.75, 3.05) is 5.73 Å². The monoisotopic (exact) mass is 143 g/mol. The number of aromatic nitrogens is 2. The Hall–Kier alpha value is -0.830. The van der Waals surface area contributed by atoms with Gasteiger partial charge >= 0.3 is 0 Å². The highest BCUT2D eigenvalue weighted by atomic mass is 35.5. The summed E-state index contributed by atoms with van der Waals surface area (Å²) in [4.78, 5) is 0. The maximum atomic E-state index is 5.59. The minimum Gasteiger partial charge on any atom is -0.396 e. The van der Waals surface area contributed by atoms with Gasteiger partial charge < -0.3 is 5.73 Å². The molecule has 0 aliphatic rings. The molecule has 48 valence electrons. The van der Waals surface area contributed by atoms with Gasteiger partial charge in [-0.25, -0.2) is 0 Å². The molecule has 0 amide bonds. The van der Waals surface area contributed by atoms with Gasteiger partial charge in [0.25, 0.3) is 0 Å². The lowest BCUT2D eigenvalue weighted by atomic mass is 10.4. The molecule has 0 saturated heterocycles. The summed E-state index contributed by atoms with van der Waals surface area (Å²) in [5.41, 5.74) is 6.62. The van der Waals surface area contributed by atoms with Gasteiger partial charge in [0.2, 0.25) is 0 Å². The zero-order chi connectivity index (χ0) is 6.85. The summed E-state index contributed by atoms with van der Waals surface area (Å²) < 4.78 is 0. The number of aryl methyl sites for hydroxylation is 1. The maximum Gasteiger partial charge on any atom is 0.0856 e. The van der Waals surface area contributed by atoms with Crippen molar-refractivity contribution in [2.45, 2.75) is 6.92 Å². The number of rotatable bonds is 0. The molecule has 0 spiro atoms. The number of hydrogen-bond donors (Lipinski definition) is 1. The van der Waals surface area contributed by atoms with Crippen LogP contribution in [0, 0.1) is 6.92 Å². The van der Waals surface area contributed by atoms with Crippen LogP contribution in [0.3, 0.4) is 0 Å². The molecule has 0 saturated carbocycles. The highest BCUT2D eigenvalue weighted by Gasteiger charge is 1.97. The first kappa shape index (κ1) is 6.29. The van der Waals surface area contributed by atoms with E-state index in [4.69, 9.17) is 17.3 Å². The highest BCUT2D eigenvalue weighted by Crippen LogP contribution is 2.17. The van der Waals surface area contributed by atoms with Crippen LogP contribution in [0.2, 0.25) is 5.02 Å². The molecule has 3 nitrogen and oxygen atoms in total. The molecule has 1 aromatic rings. The second-order valence-corrected chi connectivity index (χ2v) is 2.10. The van der Waals surface area contributed by atoms with E-state index in [-0.39, 0.29) is 0 Å². The van der Waals surface area contributed by atoms with E-state index in [1.54, 1.807) is 6.92 Å². The van der Waals surface area contributed by atoms with Gasteiger partial charge in [-0.3, -0.25) is 0 Å². The van der Waals surface area contributed by atoms with Crippen molar-refractivity contribution in [1.82, 2.24) is 10.2 Å². The summed E-state index contributed by atoms with van der Waals surface area (Å²) in [6.45, 7) is 1.76. The molecule has 0 aliphatic heterocycles. The molecule has 0 radical (unpaired) electrons. The van der Waals surface area contributed by atoms with Crippen molar-refractivity contribution in [2.24, 2.45) is 0 Å². The van der Waals surface area contributed by atoms with Crippen molar-refractivity contribution in [3.05, 3.63) is 16.9 Å². The quantitative estimate of drug-likeness (QED) is 0.590. The molecule has 1 rings (SSSR count). The third kappa shape index (κ3) is 1.10. The van der Waals surface area contributed by atoms with Crippen molar-refractivity contribution in [3.8, 4) is 0 Å². The van der Waals surface area contributed by atoms with Gasteiger partial charge in [-0.2, -0.15) is 10.2 Å². The Labute approximate surface area is 57.8 Å². The molecule has 0 bridgehead atoms. The predicted molar refractivity (Wildman–Crippen MR) is 36.2 cm³/mol. The maximum absolute atomic E-state index is 5.59. The van der Waals surface area contributed by atoms with E-state index in [1.165, 1.54) is 6.20 Å². The minimum atomic E-state index is 0.461. The molecule has 1 heterocycles. The standard InChI is InChI=1S/C5H6ClN3/c1-3-5(7)4(6)2-8-9-3/h2H,1H3,(H2,7,8). The Kier molecular flexibility index (Phi) is 1.53. The summed E-state index contributed by atoms with van der Waals surface area (Å²) in [7, 11) is 0. The molecule has 0 unspecified atom stereocenters. The number of nitrogens with zero attached hydrogens (tertiary/aromatic N) is 2. The first-order valence-electron chi connectivity index (χ1n) is 2.45. The van der Waals surface area contributed by atoms with Crippen LogP contribution >= 0.6 is 11.6 Å². The summed E-state index contributed by atoms with van der Waals surface area (Å²) in [6.07, 6.45) is 1.42. The van der Waals surface area contributed by atoms with Gasteiger partial charge in [0.1, 0.15) is 0 Å². The second-order valence-electron chi connectivity index (χ2n) is 1.69. The van der Waals surface area contributed by atoms with Crippen molar-refractivity contribution >= 4 is 17.3 Å². The van der Waals surface area contributed by atoms with Crippen molar-refractivity contribution < 1.29 is 0 Å². The van der Waals surface area contributed by atoms with Crippen LogP contribution in [0.1, 0.15) is 5.69 Å². The zero-order valence-electron chi connectivity index (χ0n) is 4.93. The summed E-state index contributed by atoms with van der Waals surface area (Å²) in [5.74, 6) is 0. The number of anilines is 1. The van der Waals surface area contributed by atoms with Crippen LogP contribution in [-0.4, -0.2) is 10.2 Å². The zero-order valence-corrected chi connectivity index (χ0v) is 5.68. The lowest BCUT2D eigenvalue weighted by Crippen LogP contribution is -1.94. The minimum absolute atomic E-state index is 0.461. The van der Waals surface area contributed by atoms with Crippen LogP contribution in [0.4, 0.5) is 5.69 Å². The average Bonchev–Trinajstić information content (AvgIpc) is 1.83.